The van der Waals surface area contributed by atoms with Crippen molar-refractivity contribution >= 4 is 17.8 Å². The zero-order chi connectivity index (χ0) is 14.0. The molecule has 1 atom stereocenters. The Bertz CT molecular complexity index is 538. The third-order valence-electron chi connectivity index (χ3n) is 3.28. The van der Waals surface area contributed by atoms with E-state index in [-0.39, 0.29) is 18.9 Å². The number of aryl methyl sites for hydroxylation is 1. The average molecular weight is 261 g/mol. The van der Waals surface area contributed by atoms with Crippen LogP contribution in [0.25, 0.3) is 0 Å². The van der Waals surface area contributed by atoms with Crippen molar-refractivity contribution in [3.05, 3.63) is 35.4 Å². The standard InChI is InChI=1S/C14H15NO4/c1-9-3-2-4-10(7-9)13(17)15-6-5-11(14(18)19)8-12(15)16/h2-4,7,11H,5-6,8H2,1H3,(H,18,19). The van der Waals surface area contributed by atoms with Gasteiger partial charge in [-0.05, 0) is 25.5 Å². The minimum absolute atomic E-state index is 0.104. The highest BCUT2D eigenvalue weighted by Gasteiger charge is 2.33. The number of hydrogen-bond donors (Lipinski definition) is 1. The summed E-state index contributed by atoms with van der Waals surface area (Å²) in [5.41, 5.74) is 1.40. The molecule has 1 aromatic carbocycles. The lowest BCUT2D eigenvalue weighted by Crippen LogP contribution is -2.44. The molecule has 1 heterocycles. The third kappa shape index (κ3) is 2.81. The molecule has 0 aromatic heterocycles. The van der Waals surface area contributed by atoms with Gasteiger partial charge in [0, 0.05) is 18.5 Å². The van der Waals surface area contributed by atoms with Crippen molar-refractivity contribution < 1.29 is 19.5 Å². The number of hydrogen-bond acceptors (Lipinski definition) is 3. The first kappa shape index (κ1) is 13.3. The number of piperidine rings is 1. The Morgan fingerprint density at radius 3 is 2.68 bits per heavy atom. The molecule has 1 saturated heterocycles. The second kappa shape index (κ2) is 5.22. The maximum absolute atomic E-state index is 12.2. The molecule has 0 saturated carbocycles. The maximum atomic E-state index is 12.2. The Balaban J connectivity index is 2.13. The van der Waals surface area contributed by atoms with E-state index in [1.165, 1.54) is 0 Å². The molecule has 0 spiro atoms. The van der Waals surface area contributed by atoms with Crippen LogP contribution in [0, 0.1) is 12.8 Å². The van der Waals surface area contributed by atoms with Crippen LogP contribution in [0.2, 0.25) is 0 Å². The van der Waals surface area contributed by atoms with Crippen LogP contribution in [0.5, 0.6) is 0 Å². The number of rotatable bonds is 2. The van der Waals surface area contributed by atoms with Gasteiger partial charge in [-0.25, -0.2) is 0 Å². The summed E-state index contributed by atoms with van der Waals surface area (Å²) in [5.74, 6) is -2.41. The predicted octanol–water partition coefficient (Wildman–Crippen LogP) is 1.46. The summed E-state index contributed by atoms with van der Waals surface area (Å²) >= 11 is 0. The zero-order valence-electron chi connectivity index (χ0n) is 10.6. The number of likely N-dealkylation sites (tertiary alicyclic amines) is 1. The van der Waals surface area contributed by atoms with Gasteiger partial charge in [-0.15, -0.1) is 0 Å². The summed E-state index contributed by atoms with van der Waals surface area (Å²) < 4.78 is 0. The largest absolute Gasteiger partial charge is 0.481 e. The summed E-state index contributed by atoms with van der Waals surface area (Å²) in [6.45, 7) is 2.04. The quantitative estimate of drug-likeness (QED) is 0.818. The SMILES string of the molecule is Cc1cccc(C(=O)N2CCC(C(=O)O)CC2=O)c1. The fourth-order valence-corrected chi connectivity index (χ4v) is 2.19. The van der Waals surface area contributed by atoms with Crippen LogP contribution in [0.1, 0.15) is 28.8 Å². The van der Waals surface area contributed by atoms with Crippen molar-refractivity contribution in [3.8, 4) is 0 Å². The average Bonchev–Trinajstić information content (AvgIpc) is 2.37. The van der Waals surface area contributed by atoms with E-state index in [0.29, 0.717) is 12.0 Å². The molecule has 0 aliphatic carbocycles. The fraction of sp³-hybridized carbons (Fsp3) is 0.357. The first-order valence-corrected chi connectivity index (χ1v) is 6.13. The van der Waals surface area contributed by atoms with E-state index in [4.69, 9.17) is 5.11 Å². The van der Waals surface area contributed by atoms with Gasteiger partial charge in [0.25, 0.3) is 5.91 Å². The minimum atomic E-state index is -0.976. The summed E-state index contributed by atoms with van der Waals surface area (Å²) in [4.78, 5) is 36.0. The van der Waals surface area contributed by atoms with Crippen LogP contribution < -0.4 is 0 Å². The smallest absolute Gasteiger partial charge is 0.307 e. The van der Waals surface area contributed by atoms with E-state index in [2.05, 4.69) is 0 Å². The van der Waals surface area contributed by atoms with Crippen molar-refractivity contribution in [2.24, 2.45) is 5.92 Å². The van der Waals surface area contributed by atoms with Gasteiger partial charge in [-0.3, -0.25) is 19.3 Å². The Hall–Kier alpha value is -2.17. The molecular formula is C14H15NO4. The molecule has 1 fully saturated rings. The van der Waals surface area contributed by atoms with Crippen LogP contribution in [-0.4, -0.2) is 34.3 Å². The normalized spacial score (nSPS) is 19.3. The maximum Gasteiger partial charge on any atom is 0.307 e. The van der Waals surface area contributed by atoms with Crippen LogP contribution in [0.3, 0.4) is 0 Å². The number of carbonyl (C=O) groups is 3. The van der Waals surface area contributed by atoms with E-state index in [0.717, 1.165) is 10.5 Å². The van der Waals surface area contributed by atoms with Gasteiger partial charge < -0.3 is 5.11 Å². The Morgan fingerprint density at radius 1 is 1.37 bits per heavy atom. The molecule has 2 rings (SSSR count). The lowest BCUT2D eigenvalue weighted by Gasteiger charge is -2.28. The van der Waals surface area contributed by atoms with Crippen molar-refractivity contribution in [2.45, 2.75) is 19.8 Å². The molecular weight excluding hydrogens is 246 g/mol. The van der Waals surface area contributed by atoms with Crippen LogP contribution in [0.15, 0.2) is 24.3 Å². The third-order valence-corrected chi connectivity index (χ3v) is 3.28. The predicted molar refractivity (Wildman–Crippen MR) is 67.6 cm³/mol. The van der Waals surface area contributed by atoms with Gasteiger partial charge in [0.05, 0.1) is 5.92 Å². The van der Waals surface area contributed by atoms with Gasteiger partial charge >= 0.3 is 5.97 Å². The number of benzene rings is 1. The van der Waals surface area contributed by atoms with E-state index in [1.54, 1.807) is 18.2 Å². The molecule has 100 valence electrons. The number of carboxylic acid groups (broad SMARTS) is 1. The van der Waals surface area contributed by atoms with E-state index < -0.39 is 17.8 Å². The number of nitrogens with zero attached hydrogens (tertiary/aromatic N) is 1. The number of carbonyl (C=O) groups excluding carboxylic acids is 2. The molecule has 1 aliphatic heterocycles. The molecule has 1 N–H and O–H groups in total. The molecule has 0 bridgehead atoms. The van der Waals surface area contributed by atoms with Gasteiger partial charge in [-0.2, -0.15) is 0 Å². The highest BCUT2D eigenvalue weighted by Crippen LogP contribution is 2.20. The highest BCUT2D eigenvalue weighted by molar-refractivity contribution is 6.05. The van der Waals surface area contributed by atoms with Gasteiger partial charge in [-0.1, -0.05) is 17.7 Å². The lowest BCUT2D eigenvalue weighted by atomic mass is 9.96. The highest BCUT2D eigenvalue weighted by atomic mass is 16.4. The topological polar surface area (TPSA) is 74.7 Å². The molecule has 0 radical (unpaired) electrons. The lowest BCUT2D eigenvalue weighted by molar-refractivity contribution is -0.148. The van der Waals surface area contributed by atoms with Crippen molar-refractivity contribution in [1.82, 2.24) is 4.90 Å². The molecule has 2 amide bonds. The van der Waals surface area contributed by atoms with Crippen molar-refractivity contribution in [3.63, 3.8) is 0 Å². The number of amides is 2. The van der Waals surface area contributed by atoms with Crippen molar-refractivity contribution in [1.29, 1.82) is 0 Å². The number of aliphatic carboxylic acids is 1. The molecule has 1 unspecified atom stereocenters. The zero-order valence-corrected chi connectivity index (χ0v) is 10.6. The monoisotopic (exact) mass is 261 g/mol. The van der Waals surface area contributed by atoms with Gasteiger partial charge in [0.15, 0.2) is 0 Å². The molecule has 19 heavy (non-hydrogen) atoms. The summed E-state index contributed by atoms with van der Waals surface area (Å²) in [6.07, 6.45) is 0.214. The van der Waals surface area contributed by atoms with Crippen LogP contribution >= 0.6 is 0 Å². The second-order valence-electron chi connectivity index (χ2n) is 4.75. The first-order chi connectivity index (χ1) is 8.99. The van der Waals surface area contributed by atoms with E-state index >= 15 is 0 Å². The van der Waals surface area contributed by atoms with Gasteiger partial charge in [0.2, 0.25) is 5.91 Å². The first-order valence-electron chi connectivity index (χ1n) is 6.13. The van der Waals surface area contributed by atoms with Crippen molar-refractivity contribution in [2.75, 3.05) is 6.54 Å². The Morgan fingerprint density at radius 2 is 2.11 bits per heavy atom. The summed E-state index contributed by atoms with van der Waals surface area (Å²) in [6, 6.07) is 7.01. The minimum Gasteiger partial charge on any atom is -0.481 e. The Labute approximate surface area is 110 Å². The van der Waals surface area contributed by atoms with E-state index in [9.17, 15) is 14.4 Å². The molecule has 5 heteroatoms. The van der Waals surface area contributed by atoms with Gasteiger partial charge in [0.1, 0.15) is 0 Å². The van der Waals surface area contributed by atoms with E-state index in [1.807, 2.05) is 13.0 Å². The molecule has 1 aromatic rings. The number of imide groups is 1. The second-order valence-corrected chi connectivity index (χ2v) is 4.75. The molecule has 5 nitrogen and oxygen atoms in total. The Kier molecular flexibility index (Phi) is 3.64. The number of carboxylic acids is 1. The fourth-order valence-electron chi connectivity index (χ4n) is 2.19. The summed E-state index contributed by atoms with van der Waals surface area (Å²) in [7, 11) is 0. The summed E-state index contributed by atoms with van der Waals surface area (Å²) in [5, 5.41) is 8.88. The molecule has 1 aliphatic rings. The van der Waals surface area contributed by atoms with Crippen LogP contribution in [-0.2, 0) is 9.59 Å². The van der Waals surface area contributed by atoms with Crippen LogP contribution in [0.4, 0.5) is 0 Å².